The van der Waals surface area contributed by atoms with E-state index in [9.17, 15) is 4.79 Å². The number of likely N-dealkylation sites (tertiary alicyclic amines) is 1. The van der Waals surface area contributed by atoms with Gasteiger partial charge in [-0.1, -0.05) is 26.7 Å². The summed E-state index contributed by atoms with van der Waals surface area (Å²) < 4.78 is 0. The van der Waals surface area contributed by atoms with Crippen molar-refractivity contribution in [1.82, 2.24) is 10.2 Å². The first kappa shape index (κ1) is 14.4. The number of nitrogens with one attached hydrogen (secondary N) is 1. The van der Waals surface area contributed by atoms with Crippen LogP contribution >= 0.6 is 0 Å². The molecular weight excluding hydrogens is 248 g/mol. The van der Waals surface area contributed by atoms with Crippen LogP contribution in [0.4, 0.5) is 0 Å². The third kappa shape index (κ3) is 3.03. The minimum Gasteiger partial charge on any atom is -0.341 e. The van der Waals surface area contributed by atoms with Gasteiger partial charge in [-0.05, 0) is 49.9 Å². The topological polar surface area (TPSA) is 32.3 Å². The van der Waals surface area contributed by atoms with Crippen LogP contribution in [0, 0.1) is 11.3 Å². The third-order valence-electron chi connectivity index (χ3n) is 5.88. The van der Waals surface area contributed by atoms with Crippen LogP contribution in [0.25, 0.3) is 0 Å². The van der Waals surface area contributed by atoms with Gasteiger partial charge in [0.05, 0.1) is 6.04 Å². The minimum absolute atomic E-state index is 0.107. The van der Waals surface area contributed by atoms with Crippen LogP contribution in [0.15, 0.2) is 0 Å². The van der Waals surface area contributed by atoms with Crippen LogP contribution in [0.1, 0.15) is 65.2 Å². The van der Waals surface area contributed by atoms with Crippen molar-refractivity contribution in [3.05, 3.63) is 0 Å². The molecule has 3 heteroatoms. The normalized spacial score (nSPS) is 37.3. The van der Waals surface area contributed by atoms with E-state index < -0.39 is 0 Å². The largest absolute Gasteiger partial charge is 0.341 e. The molecule has 20 heavy (non-hydrogen) atoms. The summed E-state index contributed by atoms with van der Waals surface area (Å²) in [6, 6.07) is 0.725. The molecule has 3 rings (SSSR count). The Morgan fingerprint density at radius 3 is 2.50 bits per heavy atom. The molecule has 0 aromatic carbocycles. The average Bonchev–Trinajstić information content (AvgIpc) is 2.46. The molecule has 3 nitrogen and oxygen atoms in total. The molecule has 0 radical (unpaired) electrons. The summed E-state index contributed by atoms with van der Waals surface area (Å²) in [6.07, 6.45) is 10.00. The Kier molecular flexibility index (Phi) is 4.07. The van der Waals surface area contributed by atoms with Gasteiger partial charge in [0, 0.05) is 19.1 Å². The lowest BCUT2D eigenvalue weighted by molar-refractivity contribution is -0.137. The summed E-state index contributed by atoms with van der Waals surface area (Å²) in [6.45, 7) is 6.55. The molecule has 1 amide bonds. The quantitative estimate of drug-likeness (QED) is 0.800. The highest BCUT2D eigenvalue weighted by Gasteiger charge is 2.37. The van der Waals surface area contributed by atoms with Gasteiger partial charge in [-0.25, -0.2) is 0 Å². The van der Waals surface area contributed by atoms with Crippen LogP contribution < -0.4 is 5.32 Å². The van der Waals surface area contributed by atoms with Crippen molar-refractivity contribution in [2.24, 2.45) is 11.3 Å². The van der Waals surface area contributed by atoms with E-state index in [1.54, 1.807) is 0 Å². The zero-order chi connectivity index (χ0) is 14.2. The van der Waals surface area contributed by atoms with Crippen LogP contribution in [-0.4, -0.2) is 36.0 Å². The first-order valence-corrected chi connectivity index (χ1v) is 8.60. The monoisotopic (exact) mass is 278 g/mol. The molecule has 1 aliphatic carbocycles. The predicted molar refractivity (Wildman–Crippen MR) is 81.5 cm³/mol. The highest BCUT2D eigenvalue weighted by molar-refractivity contribution is 5.82. The van der Waals surface area contributed by atoms with E-state index in [1.807, 2.05) is 0 Å². The highest BCUT2D eigenvalue weighted by atomic mass is 16.2. The zero-order valence-electron chi connectivity index (χ0n) is 13.2. The number of carbonyl (C=O) groups is 1. The summed E-state index contributed by atoms with van der Waals surface area (Å²) in [4.78, 5) is 14.8. The maximum absolute atomic E-state index is 12.7. The molecule has 0 bridgehead atoms. The van der Waals surface area contributed by atoms with Gasteiger partial charge in [-0.2, -0.15) is 0 Å². The van der Waals surface area contributed by atoms with E-state index in [1.165, 1.54) is 32.1 Å². The van der Waals surface area contributed by atoms with Crippen molar-refractivity contribution in [2.45, 2.75) is 77.3 Å². The summed E-state index contributed by atoms with van der Waals surface area (Å²) in [7, 11) is 0. The number of rotatable bonds is 1. The molecule has 114 valence electrons. The second-order valence-corrected chi connectivity index (χ2v) is 7.94. The molecule has 1 saturated carbocycles. The number of amides is 1. The smallest absolute Gasteiger partial charge is 0.239 e. The lowest BCUT2D eigenvalue weighted by atomic mass is 9.77. The lowest BCUT2D eigenvalue weighted by Gasteiger charge is -2.43. The minimum atomic E-state index is 0.107. The molecule has 2 saturated heterocycles. The molecule has 2 heterocycles. The number of fused-ring (bicyclic) bond motifs is 1. The van der Waals surface area contributed by atoms with Gasteiger partial charge in [-0.3, -0.25) is 4.79 Å². The fourth-order valence-corrected chi connectivity index (χ4v) is 4.24. The van der Waals surface area contributed by atoms with Gasteiger partial charge < -0.3 is 10.2 Å². The number of piperidine rings is 2. The van der Waals surface area contributed by atoms with Crippen molar-refractivity contribution in [2.75, 3.05) is 13.1 Å². The van der Waals surface area contributed by atoms with Crippen molar-refractivity contribution in [3.8, 4) is 0 Å². The Balaban J connectivity index is 1.55. The lowest BCUT2D eigenvalue weighted by Crippen LogP contribution is -2.57. The van der Waals surface area contributed by atoms with Gasteiger partial charge in [0.2, 0.25) is 5.91 Å². The number of hydrogen-bond donors (Lipinski definition) is 1. The molecule has 0 aromatic heterocycles. The Bertz CT molecular complexity index is 356. The molecule has 0 aromatic rings. The van der Waals surface area contributed by atoms with E-state index in [4.69, 9.17) is 0 Å². The molecule has 3 fully saturated rings. The second-order valence-electron chi connectivity index (χ2n) is 7.94. The third-order valence-corrected chi connectivity index (χ3v) is 5.88. The molecule has 0 spiro atoms. The number of hydrogen-bond acceptors (Lipinski definition) is 2. The van der Waals surface area contributed by atoms with Crippen molar-refractivity contribution in [3.63, 3.8) is 0 Å². The maximum atomic E-state index is 12.7. The summed E-state index contributed by atoms with van der Waals surface area (Å²) in [5.74, 6) is 1.22. The highest BCUT2D eigenvalue weighted by Crippen LogP contribution is 2.34. The predicted octanol–water partition coefficient (Wildman–Crippen LogP) is 2.95. The molecular formula is C17H30N2O. The molecule has 2 aliphatic heterocycles. The molecule has 3 aliphatic rings. The Morgan fingerprint density at radius 1 is 1.05 bits per heavy atom. The van der Waals surface area contributed by atoms with Gasteiger partial charge in [0.1, 0.15) is 0 Å². The second kappa shape index (κ2) is 5.67. The van der Waals surface area contributed by atoms with Crippen molar-refractivity contribution < 1.29 is 4.79 Å². The van der Waals surface area contributed by atoms with E-state index in [0.29, 0.717) is 17.4 Å². The van der Waals surface area contributed by atoms with Gasteiger partial charge in [-0.15, -0.1) is 0 Å². The van der Waals surface area contributed by atoms with Crippen LogP contribution in [0.2, 0.25) is 0 Å². The molecule has 1 N–H and O–H groups in total. The molecule has 3 unspecified atom stereocenters. The Morgan fingerprint density at radius 2 is 1.75 bits per heavy atom. The number of nitrogens with zero attached hydrogens (tertiary/aromatic N) is 1. The fourth-order valence-electron chi connectivity index (χ4n) is 4.24. The summed E-state index contributed by atoms with van der Waals surface area (Å²) in [5.41, 5.74) is 0.422. The van der Waals surface area contributed by atoms with Crippen LogP contribution in [0.5, 0.6) is 0 Å². The average molecular weight is 278 g/mol. The van der Waals surface area contributed by atoms with Crippen LogP contribution in [0.3, 0.4) is 0 Å². The first-order valence-electron chi connectivity index (χ1n) is 8.60. The van der Waals surface area contributed by atoms with Crippen molar-refractivity contribution in [1.29, 1.82) is 0 Å². The standard InChI is InChI=1S/C17H30N2O/c1-17(2)9-11-19(12-10-17)16(20)15-8-7-13-5-3-4-6-14(13)18-15/h13-15,18H,3-12H2,1-2H3. The van der Waals surface area contributed by atoms with E-state index in [2.05, 4.69) is 24.1 Å². The summed E-state index contributed by atoms with van der Waals surface area (Å²) in [5, 5.41) is 3.68. The van der Waals surface area contributed by atoms with Crippen LogP contribution in [-0.2, 0) is 4.79 Å². The Hall–Kier alpha value is -0.570. The first-order chi connectivity index (χ1) is 9.55. The Labute approximate surface area is 123 Å². The summed E-state index contributed by atoms with van der Waals surface area (Å²) >= 11 is 0. The molecule has 3 atom stereocenters. The maximum Gasteiger partial charge on any atom is 0.239 e. The van der Waals surface area contributed by atoms with Crippen molar-refractivity contribution >= 4 is 5.91 Å². The SMILES string of the molecule is CC1(C)CCN(C(=O)C2CCC3CCCCC3N2)CC1. The van der Waals surface area contributed by atoms with E-state index in [0.717, 1.165) is 38.3 Å². The van der Waals surface area contributed by atoms with Gasteiger partial charge in [0.15, 0.2) is 0 Å². The van der Waals surface area contributed by atoms with Gasteiger partial charge in [0.25, 0.3) is 0 Å². The number of carbonyl (C=O) groups excluding carboxylic acids is 1. The van der Waals surface area contributed by atoms with E-state index in [-0.39, 0.29) is 6.04 Å². The van der Waals surface area contributed by atoms with Gasteiger partial charge >= 0.3 is 0 Å². The zero-order valence-corrected chi connectivity index (χ0v) is 13.2. The fraction of sp³-hybridized carbons (Fsp3) is 0.941. The van der Waals surface area contributed by atoms with E-state index >= 15 is 0 Å².